The number of ether oxygens (including phenoxy) is 1. The highest BCUT2D eigenvalue weighted by molar-refractivity contribution is 5.06. The molecule has 2 atom stereocenters. The molecule has 2 aliphatic heterocycles. The molecule has 0 saturated carbocycles. The Kier molecular flexibility index (Phi) is 3.35. The van der Waals surface area contributed by atoms with Crippen molar-refractivity contribution in [3.63, 3.8) is 0 Å². The maximum Gasteiger partial charge on any atom is 0.150 e. The maximum absolute atomic E-state index is 5.69. The molecule has 1 fully saturated rings. The van der Waals surface area contributed by atoms with E-state index in [9.17, 15) is 0 Å². The van der Waals surface area contributed by atoms with Crippen LogP contribution in [0.15, 0.2) is 0 Å². The Hall–Kier alpha value is -0.940. The second-order valence-corrected chi connectivity index (χ2v) is 5.64. The first-order valence-corrected chi connectivity index (χ1v) is 7.02. The minimum atomic E-state index is 0.337. The van der Waals surface area contributed by atoms with Crippen LogP contribution in [-0.4, -0.2) is 34.0 Å². The molecule has 1 aromatic heterocycles. The Morgan fingerprint density at radius 1 is 1.44 bits per heavy atom. The molecule has 3 rings (SSSR count). The Labute approximate surface area is 108 Å². The summed E-state index contributed by atoms with van der Waals surface area (Å²) in [5, 5.41) is 12.3. The Balaban J connectivity index is 1.80. The molecule has 0 aliphatic carbocycles. The second-order valence-electron chi connectivity index (χ2n) is 5.64. The van der Waals surface area contributed by atoms with E-state index in [-0.39, 0.29) is 0 Å². The van der Waals surface area contributed by atoms with Crippen LogP contribution in [-0.2, 0) is 17.7 Å². The van der Waals surface area contributed by atoms with Gasteiger partial charge in [0.2, 0.25) is 0 Å². The number of hydrogen-bond donors (Lipinski definition) is 1. The first-order valence-electron chi connectivity index (χ1n) is 7.02. The van der Waals surface area contributed by atoms with E-state index in [0.717, 1.165) is 44.2 Å². The molecule has 3 heterocycles. The molecule has 1 saturated heterocycles. The van der Waals surface area contributed by atoms with Crippen LogP contribution < -0.4 is 5.32 Å². The molecule has 0 amide bonds. The molecule has 0 spiro atoms. The predicted octanol–water partition coefficient (Wildman–Crippen LogP) is 1.30. The second kappa shape index (κ2) is 4.97. The lowest BCUT2D eigenvalue weighted by atomic mass is 10.0. The van der Waals surface area contributed by atoms with Crippen LogP contribution in [0.3, 0.4) is 0 Å². The summed E-state index contributed by atoms with van der Waals surface area (Å²) in [7, 11) is 0. The van der Waals surface area contributed by atoms with Crippen molar-refractivity contribution in [3.8, 4) is 0 Å². The van der Waals surface area contributed by atoms with E-state index >= 15 is 0 Å². The maximum atomic E-state index is 5.69. The monoisotopic (exact) mass is 250 g/mol. The van der Waals surface area contributed by atoms with Crippen molar-refractivity contribution < 1.29 is 4.74 Å². The van der Waals surface area contributed by atoms with Crippen LogP contribution in [0.1, 0.15) is 44.4 Å². The van der Waals surface area contributed by atoms with E-state index in [1.165, 1.54) is 6.42 Å². The van der Waals surface area contributed by atoms with Gasteiger partial charge in [-0.2, -0.15) is 0 Å². The van der Waals surface area contributed by atoms with Crippen molar-refractivity contribution in [3.05, 3.63) is 11.6 Å². The highest BCUT2D eigenvalue weighted by Crippen LogP contribution is 2.25. The summed E-state index contributed by atoms with van der Waals surface area (Å²) in [5.41, 5.74) is 0. The molecular weight excluding hydrogens is 228 g/mol. The Morgan fingerprint density at radius 3 is 3.06 bits per heavy atom. The number of fused-ring (bicyclic) bond motifs is 1. The van der Waals surface area contributed by atoms with E-state index in [0.29, 0.717) is 18.1 Å². The molecule has 0 aromatic carbocycles. The van der Waals surface area contributed by atoms with Gasteiger partial charge in [-0.15, -0.1) is 10.2 Å². The quantitative estimate of drug-likeness (QED) is 0.878. The van der Waals surface area contributed by atoms with Crippen molar-refractivity contribution >= 4 is 0 Å². The van der Waals surface area contributed by atoms with E-state index in [1.54, 1.807) is 0 Å². The van der Waals surface area contributed by atoms with Gasteiger partial charge in [0.05, 0.1) is 12.1 Å². The zero-order valence-corrected chi connectivity index (χ0v) is 11.2. The van der Waals surface area contributed by atoms with Gasteiger partial charge < -0.3 is 14.6 Å². The van der Waals surface area contributed by atoms with Crippen molar-refractivity contribution in [1.82, 2.24) is 20.1 Å². The molecule has 18 heavy (non-hydrogen) atoms. The average Bonchev–Trinajstić information content (AvgIpc) is 2.99. The van der Waals surface area contributed by atoms with Crippen LogP contribution in [0.4, 0.5) is 0 Å². The van der Waals surface area contributed by atoms with Crippen LogP contribution in [0, 0.1) is 5.92 Å². The summed E-state index contributed by atoms with van der Waals surface area (Å²) in [6, 6.07) is 0.337. The van der Waals surface area contributed by atoms with E-state index in [4.69, 9.17) is 4.74 Å². The lowest BCUT2D eigenvalue weighted by Crippen LogP contribution is -2.37. The third-order valence-corrected chi connectivity index (χ3v) is 3.93. The Bertz CT molecular complexity index is 409. The van der Waals surface area contributed by atoms with Gasteiger partial charge in [-0.05, 0) is 18.8 Å². The summed E-state index contributed by atoms with van der Waals surface area (Å²) in [6.07, 6.45) is 3.61. The molecular formula is C13H22N4O. The van der Waals surface area contributed by atoms with E-state index in [1.807, 2.05) is 0 Å². The third kappa shape index (κ3) is 2.17. The first-order chi connectivity index (χ1) is 8.75. The minimum Gasteiger partial charge on any atom is -0.378 e. The van der Waals surface area contributed by atoms with Crippen molar-refractivity contribution in [2.75, 3.05) is 13.2 Å². The van der Waals surface area contributed by atoms with Gasteiger partial charge in [0.15, 0.2) is 5.82 Å². The summed E-state index contributed by atoms with van der Waals surface area (Å²) in [4.78, 5) is 0. The fourth-order valence-corrected chi connectivity index (χ4v) is 2.94. The SMILES string of the molecule is CC(C)C1NCCn2c(CC3CCCO3)nnc21. The molecule has 2 aliphatic rings. The largest absolute Gasteiger partial charge is 0.378 e. The minimum absolute atomic E-state index is 0.337. The standard InChI is InChI=1S/C13H22N4O/c1-9(2)12-13-16-15-11(17(13)6-5-14-12)8-10-4-3-7-18-10/h9-10,12,14H,3-8H2,1-2H3. The third-order valence-electron chi connectivity index (χ3n) is 3.93. The summed E-state index contributed by atoms with van der Waals surface area (Å²) in [6.45, 7) is 7.34. The fourth-order valence-electron chi connectivity index (χ4n) is 2.94. The van der Waals surface area contributed by atoms with Crippen LogP contribution in [0.5, 0.6) is 0 Å². The topological polar surface area (TPSA) is 52.0 Å². The zero-order chi connectivity index (χ0) is 12.5. The van der Waals surface area contributed by atoms with Gasteiger partial charge in [-0.3, -0.25) is 0 Å². The van der Waals surface area contributed by atoms with Gasteiger partial charge in [0.25, 0.3) is 0 Å². The molecule has 0 bridgehead atoms. The first kappa shape index (κ1) is 12.1. The van der Waals surface area contributed by atoms with Crippen molar-refractivity contribution in [1.29, 1.82) is 0 Å². The predicted molar refractivity (Wildman–Crippen MR) is 68.3 cm³/mol. The molecule has 1 aromatic rings. The zero-order valence-electron chi connectivity index (χ0n) is 11.2. The van der Waals surface area contributed by atoms with Gasteiger partial charge in [0, 0.05) is 26.1 Å². The van der Waals surface area contributed by atoms with Gasteiger partial charge in [-0.25, -0.2) is 0 Å². The normalized spacial score (nSPS) is 27.7. The number of nitrogens with zero attached hydrogens (tertiary/aromatic N) is 3. The molecule has 100 valence electrons. The highest BCUT2D eigenvalue weighted by atomic mass is 16.5. The molecule has 1 N–H and O–H groups in total. The van der Waals surface area contributed by atoms with E-state index in [2.05, 4.69) is 33.9 Å². The van der Waals surface area contributed by atoms with Crippen molar-refractivity contribution in [2.45, 2.75) is 51.8 Å². The summed E-state index contributed by atoms with van der Waals surface area (Å²) in [5.74, 6) is 2.75. The number of aromatic nitrogens is 3. The molecule has 5 heteroatoms. The highest BCUT2D eigenvalue weighted by Gasteiger charge is 2.28. The Morgan fingerprint density at radius 2 is 2.33 bits per heavy atom. The average molecular weight is 250 g/mol. The van der Waals surface area contributed by atoms with Crippen molar-refractivity contribution in [2.24, 2.45) is 5.92 Å². The number of nitrogens with one attached hydrogen (secondary N) is 1. The van der Waals surface area contributed by atoms with Gasteiger partial charge in [-0.1, -0.05) is 13.8 Å². The lowest BCUT2D eigenvalue weighted by Gasteiger charge is -2.28. The van der Waals surface area contributed by atoms with E-state index < -0.39 is 0 Å². The molecule has 0 radical (unpaired) electrons. The molecule has 2 unspecified atom stereocenters. The van der Waals surface area contributed by atoms with Crippen LogP contribution >= 0.6 is 0 Å². The van der Waals surface area contributed by atoms with Gasteiger partial charge >= 0.3 is 0 Å². The lowest BCUT2D eigenvalue weighted by molar-refractivity contribution is 0.108. The summed E-state index contributed by atoms with van der Waals surface area (Å²) >= 11 is 0. The van der Waals surface area contributed by atoms with Gasteiger partial charge in [0.1, 0.15) is 5.82 Å². The number of hydrogen-bond acceptors (Lipinski definition) is 4. The number of rotatable bonds is 3. The smallest absolute Gasteiger partial charge is 0.150 e. The molecule has 5 nitrogen and oxygen atoms in total. The summed E-state index contributed by atoms with van der Waals surface area (Å²) < 4.78 is 7.99. The van der Waals surface area contributed by atoms with Crippen LogP contribution in [0.2, 0.25) is 0 Å². The van der Waals surface area contributed by atoms with Crippen LogP contribution in [0.25, 0.3) is 0 Å². The fraction of sp³-hybridized carbons (Fsp3) is 0.846.